The number of nitrogens with zero attached hydrogens (tertiary/aromatic N) is 1. The highest BCUT2D eigenvalue weighted by atomic mass is 35.5. The first-order chi connectivity index (χ1) is 12.7. The fourth-order valence-electron chi connectivity index (χ4n) is 4.32. The average molecular weight is 387 g/mol. The SMILES string of the molecule is Cl.NC1CCCC2CN(C(=O)c3cccc(OCc4ccccc4)c3)CC12. The van der Waals surface area contributed by atoms with E-state index in [9.17, 15) is 4.79 Å². The molecule has 0 bridgehead atoms. The third kappa shape index (κ3) is 4.45. The van der Waals surface area contributed by atoms with E-state index in [1.807, 2.05) is 59.5 Å². The number of benzene rings is 2. The fourth-order valence-corrected chi connectivity index (χ4v) is 4.32. The van der Waals surface area contributed by atoms with Gasteiger partial charge in [0.25, 0.3) is 5.91 Å². The molecule has 2 aliphatic rings. The number of fused-ring (bicyclic) bond motifs is 1. The van der Waals surface area contributed by atoms with Crippen LogP contribution in [-0.2, 0) is 6.61 Å². The highest BCUT2D eigenvalue weighted by Crippen LogP contribution is 2.36. The smallest absolute Gasteiger partial charge is 0.254 e. The van der Waals surface area contributed by atoms with Crippen molar-refractivity contribution in [2.24, 2.45) is 17.6 Å². The van der Waals surface area contributed by atoms with Crippen LogP contribution in [0.3, 0.4) is 0 Å². The zero-order valence-corrected chi connectivity index (χ0v) is 16.2. The van der Waals surface area contributed by atoms with E-state index < -0.39 is 0 Å². The lowest BCUT2D eigenvalue weighted by Gasteiger charge is -2.29. The minimum Gasteiger partial charge on any atom is -0.489 e. The van der Waals surface area contributed by atoms with Crippen molar-refractivity contribution < 1.29 is 9.53 Å². The molecule has 4 nitrogen and oxygen atoms in total. The van der Waals surface area contributed by atoms with Gasteiger partial charge >= 0.3 is 0 Å². The number of hydrogen-bond donors (Lipinski definition) is 1. The van der Waals surface area contributed by atoms with Crippen molar-refractivity contribution in [2.45, 2.75) is 31.9 Å². The van der Waals surface area contributed by atoms with Crippen molar-refractivity contribution in [1.82, 2.24) is 4.90 Å². The lowest BCUT2D eigenvalue weighted by Crippen LogP contribution is -2.38. The number of ether oxygens (including phenoxy) is 1. The Kier molecular flexibility index (Phi) is 6.40. The number of carbonyl (C=O) groups excluding carboxylic acids is 1. The van der Waals surface area contributed by atoms with Crippen molar-refractivity contribution in [3.05, 3.63) is 65.7 Å². The molecule has 3 unspecified atom stereocenters. The Bertz CT molecular complexity index is 768. The predicted molar refractivity (Wildman–Crippen MR) is 109 cm³/mol. The van der Waals surface area contributed by atoms with Crippen molar-refractivity contribution >= 4 is 18.3 Å². The van der Waals surface area contributed by atoms with Crippen molar-refractivity contribution in [3.63, 3.8) is 0 Å². The normalized spacial score (nSPS) is 24.0. The molecule has 5 heteroatoms. The molecule has 1 aliphatic heterocycles. The predicted octanol–water partition coefficient (Wildman–Crippen LogP) is 3.89. The zero-order valence-electron chi connectivity index (χ0n) is 15.4. The maximum atomic E-state index is 13.0. The molecule has 1 aliphatic carbocycles. The lowest BCUT2D eigenvalue weighted by atomic mass is 9.78. The van der Waals surface area contributed by atoms with Gasteiger partial charge in [0, 0.05) is 24.7 Å². The molecule has 4 rings (SSSR count). The lowest BCUT2D eigenvalue weighted by molar-refractivity contribution is 0.0783. The molecule has 3 atom stereocenters. The minimum atomic E-state index is 0. The third-order valence-corrected chi connectivity index (χ3v) is 5.77. The Hall–Kier alpha value is -2.04. The number of hydrogen-bond acceptors (Lipinski definition) is 3. The van der Waals surface area contributed by atoms with E-state index in [0.717, 1.165) is 30.8 Å². The number of amides is 1. The summed E-state index contributed by atoms with van der Waals surface area (Å²) in [7, 11) is 0. The molecule has 27 heavy (non-hydrogen) atoms. The topological polar surface area (TPSA) is 55.6 Å². The maximum Gasteiger partial charge on any atom is 0.254 e. The summed E-state index contributed by atoms with van der Waals surface area (Å²) in [6.45, 7) is 2.13. The second-order valence-electron chi connectivity index (χ2n) is 7.53. The minimum absolute atomic E-state index is 0. The van der Waals surface area contributed by atoms with Gasteiger partial charge in [0.1, 0.15) is 12.4 Å². The molecule has 2 aromatic carbocycles. The van der Waals surface area contributed by atoms with Crippen LogP contribution in [0.1, 0.15) is 35.2 Å². The Morgan fingerprint density at radius 3 is 2.67 bits per heavy atom. The average Bonchev–Trinajstić information content (AvgIpc) is 3.13. The number of carbonyl (C=O) groups is 1. The Balaban J connectivity index is 0.00000210. The Morgan fingerprint density at radius 1 is 1.07 bits per heavy atom. The number of nitrogens with two attached hydrogens (primary N) is 1. The summed E-state index contributed by atoms with van der Waals surface area (Å²) in [5.41, 5.74) is 8.09. The number of likely N-dealkylation sites (tertiary alicyclic amines) is 1. The molecule has 0 aromatic heterocycles. The molecule has 1 saturated heterocycles. The van der Waals surface area contributed by atoms with Crippen LogP contribution in [0.4, 0.5) is 0 Å². The van der Waals surface area contributed by atoms with Crippen LogP contribution in [0.15, 0.2) is 54.6 Å². The van der Waals surface area contributed by atoms with Crippen LogP contribution < -0.4 is 10.5 Å². The molecule has 0 spiro atoms. The second kappa shape index (κ2) is 8.77. The van der Waals surface area contributed by atoms with E-state index in [1.165, 1.54) is 12.8 Å². The molecule has 2 N–H and O–H groups in total. The van der Waals surface area contributed by atoms with Crippen LogP contribution in [0, 0.1) is 11.8 Å². The van der Waals surface area contributed by atoms with Gasteiger partial charge in [-0.1, -0.05) is 42.8 Å². The molecule has 2 fully saturated rings. The van der Waals surface area contributed by atoms with Crippen molar-refractivity contribution in [3.8, 4) is 5.75 Å². The summed E-state index contributed by atoms with van der Waals surface area (Å²) in [5.74, 6) is 1.86. The molecule has 2 aromatic rings. The first-order valence-corrected chi connectivity index (χ1v) is 9.52. The van der Waals surface area contributed by atoms with E-state index in [0.29, 0.717) is 24.0 Å². The summed E-state index contributed by atoms with van der Waals surface area (Å²) < 4.78 is 5.87. The largest absolute Gasteiger partial charge is 0.489 e. The van der Waals surface area contributed by atoms with E-state index in [4.69, 9.17) is 10.5 Å². The first-order valence-electron chi connectivity index (χ1n) is 9.52. The Labute approximate surface area is 167 Å². The monoisotopic (exact) mass is 386 g/mol. The van der Waals surface area contributed by atoms with E-state index in [1.54, 1.807) is 0 Å². The summed E-state index contributed by atoms with van der Waals surface area (Å²) in [5, 5.41) is 0. The van der Waals surface area contributed by atoms with Crippen molar-refractivity contribution in [1.29, 1.82) is 0 Å². The Morgan fingerprint density at radius 2 is 1.89 bits per heavy atom. The van der Waals surface area contributed by atoms with Gasteiger partial charge < -0.3 is 15.4 Å². The van der Waals surface area contributed by atoms with Gasteiger partial charge in [-0.05, 0) is 48.4 Å². The molecule has 0 radical (unpaired) electrons. The van der Waals surface area contributed by atoms with Crippen molar-refractivity contribution in [2.75, 3.05) is 13.1 Å². The summed E-state index contributed by atoms with van der Waals surface area (Å²) in [6.07, 6.45) is 3.47. The molecule has 1 saturated carbocycles. The van der Waals surface area contributed by atoms with Gasteiger partial charge in [-0.2, -0.15) is 0 Å². The van der Waals surface area contributed by atoms with E-state index in [-0.39, 0.29) is 24.4 Å². The van der Waals surface area contributed by atoms with Gasteiger partial charge in [-0.25, -0.2) is 0 Å². The maximum absolute atomic E-state index is 13.0. The van der Waals surface area contributed by atoms with Gasteiger partial charge in [0.15, 0.2) is 0 Å². The first kappa shape index (κ1) is 19.7. The standard InChI is InChI=1S/C22H26N2O2.ClH/c23-21-11-5-9-18-13-24(14-20(18)21)22(25)17-8-4-10-19(12-17)26-15-16-6-2-1-3-7-16;/h1-4,6-8,10,12,18,20-21H,5,9,11,13-15,23H2;1H. The van der Waals surface area contributed by atoms with Gasteiger partial charge in [-0.15, -0.1) is 12.4 Å². The fraction of sp³-hybridized carbons (Fsp3) is 0.409. The molecular formula is C22H27ClN2O2. The van der Waals surface area contributed by atoms with Gasteiger partial charge in [0.05, 0.1) is 0 Å². The highest BCUT2D eigenvalue weighted by molar-refractivity contribution is 5.94. The van der Waals surface area contributed by atoms with E-state index >= 15 is 0 Å². The summed E-state index contributed by atoms with van der Waals surface area (Å²) in [4.78, 5) is 14.9. The van der Waals surface area contributed by atoms with Crippen LogP contribution in [0.5, 0.6) is 5.75 Å². The summed E-state index contributed by atoms with van der Waals surface area (Å²) in [6, 6.07) is 17.8. The second-order valence-corrected chi connectivity index (χ2v) is 7.53. The quantitative estimate of drug-likeness (QED) is 0.867. The molecule has 1 amide bonds. The zero-order chi connectivity index (χ0) is 17.9. The van der Waals surface area contributed by atoms with E-state index in [2.05, 4.69) is 0 Å². The molecule has 1 heterocycles. The van der Waals surface area contributed by atoms with Crippen LogP contribution >= 0.6 is 12.4 Å². The van der Waals surface area contributed by atoms with Crippen LogP contribution in [0.2, 0.25) is 0 Å². The number of rotatable bonds is 4. The number of halogens is 1. The summed E-state index contributed by atoms with van der Waals surface area (Å²) >= 11 is 0. The van der Waals surface area contributed by atoms with Crippen LogP contribution in [0.25, 0.3) is 0 Å². The molecule has 144 valence electrons. The third-order valence-electron chi connectivity index (χ3n) is 5.77. The van der Waals surface area contributed by atoms with Gasteiger partial charge in [-0.3, -0.25) is 4.79 Å². The highest BCUT2D eigenvalue weighted by Gasteiger charge is 2.40. The van der Waals surface area contributed by atoms with Gasteiger partial charge in [0.2, 0.25) is 0 Å². The molecular weight excluding hydrogens is 360 g/mol. The van der Waals surface area contributed by atoms with Crippen LogP contribution in [-0.4, -0.2) is 29.9 Å².